The molecule has 0 fully saturated rings. The topological polar surface area (TPSA) is 30.2 Å². The van der Waals surface area contributed by atoms with Crippen LogP contribution < -0.4 is 0 Å². The van der Waals surface area contributed by atoms with E-state index in [9.17, 15) is 0 Å². The number of imidazole rings is 1. The molecule has 4 heteroatoms. The molecule has 0 aromatic carbocycles. The predicted molar refractivity (Wildman–Crippen MR) is 66.1 cm³/mol. The highest BCUT2D eigenvalue weighted by Gasteiger charge is 2.03. The molecule has 0 aliphatic rings. The summed E-state index contributed by atoms with van der Waals surface area (Å²) in [4.78, 5) is 8.55. The van der Waals surface area contributed by atoms with Crippen LogP contribution in [0, 0.1) is 0 Å². The van der Waals surface area contributed by atoms with Gasteiger partial charge in [0.15, 0.2) is 0 Å². The molecule has 0 unspecified atom stereocenters. The van der Waals surface area contributed by atoms with Crippen molar-refractivity contribution in [1.29, 1.82) is 0 Å². The quantitative estimate of drug-likeness (QED) is 0.682. The first-order chi connectivity index (χ1) is 7.83. The Labute approximate surface area is 101 Å². The van der Waals surface area contributed by atoms with Crippen LogP contribution in [-0.4, -0.2) is 14.4 Å². The molecule has 3 rings (SSSR count). The molecule has 0 saturated heterocycles. The van der Waals surface area contributed by atoms with Crippen LogP contribution in [0.15, 0.2) is 53.5 Å². The van der Waals surface area contributed by atoms with Crippen molar-refractivity contribution in [2.75, 3.05) is 0 Å². The Morgan fingerprint density at radius 1 is 1.12 bits per heavy atom. The zero-order valence-corrected chi connectivity index (χ0v) is 9.92. The van der Waals surface area contributed by atoms with E-state index in [-0.39, 0.29) is 0 Å². The molecular formula is C12H8BrN3. The van der Waals surface area contributed by atoms with Gasteiger partial charge in [0.1, 0.15) is 5.65 Å². The molecule has 3 aromatic rings. The van der Waals surface area contributed by atoms with Crippen LogP contribution in [0.5, 0.6) is 0 Å². The minimum absolute atomic E-state index is 0.932. The highest BCUT2D eigenvalue weighted by molar-refractivity contribution is 9.10. The van der Waals surface area contributed by atoms with Gasteiger partial charge in [-0.1, -0.05) is 15.9 Å². The predicted octanol–water partition coefficient (Wildman–Crippen LogP) is 3.16. The standard InChI is InChI=1S/C12H8BrN3/c13-10-3-6-16-8-11(15-12(16)7-10)9-1-4-14-5-2-9/h1-8H. The van der Waals surface area contributed by atoms with E-state index < -0.39 is 0 Å². The Morgan fingerprint density at radius 3 is 2.75 bits per heavy atom. The molecule has 78 valence electrons. The molecule has 3 heterocycles. The van der Waals surface area contributed by atoms with Gasteiger partial charge in [0.2, 0.25) is 0 Å². The van der Waals surface area contributed by atoms with E-state index in [1.807, 2.05) is 41.1 Å². The lowest BCUT2D eigenvalue weighted by molar-refractivity contribution is 1.18. The van der Waals surface area contributed by atoms with E-state index >= 15 is 0 Å². The van der Waals surface area contributed by atoms with Crippen LogP contribution in [0.2, 0.25) is 0 Å². The fourth-order valence-electron chi connectivity index (χ4n) is 1.62. The van der Waals surface area contributed by atoms with Crippen molar-refractivity contribution in [2.24, 2.45) is 0 Å². The average molecular weight is 274 g/mol. The smallest absolute Gasteiger partial charge is 0.138 e. The summed E-state index contributed by atoms with van der Waals surface area (Å²) in [6.07, 6.45) is 7.54. The van der Waals surface area contributed by atoms with Gasteiger partial charge in [0.25, 0.3) is 0 Å². The van der Waals surface area contributed by atoms with E-state index in [0.717, 1.165) is 21.4 Å². The second-order valence-corrected chi connectivity index (χ2v) is 4.39. The summed E-state index contributed by atoms with van der Waals surface area (Å²) in [5.41, 5.74) is 2.97. The largest absolute Gasteiger partial charge is 0.306 e. The molecule has 0 aliphatic carbocycles. The minimum atomic E-state index is 0.932. The summed E-state index contributed by atoms with van der Waals surface area (Å²) in [5, 5.41) is 0. The molecular weight excluding hydrogens is 266 g/mol. The monoisotopic (exact) mass is 273 g/mol. The second-order valence-electron chi connectivity index (χ2n) is 3.47. The van der Waals surface area contributed by atoms with Crippen molar-refractivity contribution in [1.82, 2.24) is 14.4 Å². The fraction of sp³-hybridized carbons (Fsp3) is 0. The van der Waals surface area contributed by atoms with Crippen molar-refractivity contribution in [3.8, 4) is 11.3 Å². The highest BCUT2D eigenvalue weighted by Crippen LogP contribution is 2.19. The van der Waals surface area contributed by atoms with E-state index in [1.165, 1.54) is 0 Å². The van der Waals surface area contributed by atoms with Gasteiger partial charge in [-0.15, -0.1) is 0 Å². The maximum absolute atomic E-state index is 4.55. The van der Waals surface area contributed by atoms with Gasteiger partial charge < -0.3 is 4.40 Å². The Hall–Kier alpha value is -1.68. The van der Waals surface area contributed by atoms with Gasteiger partial charge in [-0.05, 0) is 24.3 Å². The summed E-state index contributed by atoms with van der Waals surface area (Å²) in [6.45, 7) is 0. The molecule has 0 saturated carbocycles. The first kappa shape index (κ1) is 9.54. The Morgan fingerprint density at radius 2 is 1.94 bits per heavy atom. The molecule has 0 atom stereocenters. The third-order valence-electron chi connectivity index (χ3n) is 2.40. The van der Waals surface area contributed by atoms with E-state index in [2.05, 4.69) is 25.9 Å². The zero-order valence-electron chi connectivity index (χ0n) is 8.34. The van der Waals surface area contributed by atoms with Gasteiger partial charge in [-0.3, -0.25) is 4.98 Å². The Bertz CT molecular complexity index is 631. The van der Waals surface area contributed by atoms with Crippen molar-refractivity contribution in [2.45, 2.75) is 0 Å². The number of hydrogen-bond acceptors (Lipinski definition) is 2. The summed E-state index contributed by atoms with van der Waals surface area (Å²) < 4.78 is 3.03. The van der Waals surface area contributed by atoms with E-state index in [1.54, 1.807) is 12.4 Å². The molecule has 0 aliphatic heterocycles. The third kappa shape index (κ3) is 1.61. The molecule has 3 nitrogen and oxygen atoms in total. The first-order valence-electron chi connectivity index (χ1n) is 4.87. The summed E-state index contributed by atoms with van der Waals surface area (Å²) in [6, 6.07) is 7.89. The summed E-state index contributed by atoms with van der Waals surface area (Å²) >= 11 is 3.43. The minimum Gasteiger partial charge on any atom is -0.306 e. The van der Waals surface area contributed by atoms with E-state index in [4.69, 9.17) is 0 Å². The number of fused-ring (bicyclic) bond motifs is 1. The lowest BCUT2D eigenvalue weighted by atomic mass is 10.2. The van der Waals surface area contributed by atoms with Gasteiger partial charge in [0, 0.05) is 34.8 Å². The fourth-order valence-corrected chi connectivity index (χ4v) is 1.94. The van der Waals surface area contributed by atoms with Crippen LogP contribution >= 0.6 is 15.9 Å². The molecule has 16 heavy (non-hydrogen) atoms. The SMILES string of the molecule is Brc1ccn2cc(-c3ccncc3)nc2c1. The van der Waals surface area contributed by atoms with Crippen LogP contribution in [0.1, 0.15) is 0 Å². The summed E-state index contributed by atoms with van der Waals surface area (Å²) in [7, 11) is 0. The number of hydrogen-bond donors (Lipinski definition) is 0. The highest BCUT2D eigenvalue weighted by atomic mass is 79.9. The molecule has 0 spiro atoms. The van der Waals surface area contributed by atoms with Gasteiger partial charge >= 0.3 is 0 Å². The number of nitrogens with zero attached hydrogens (tertiary/aromatic N) is 3. The van der Waals surface area contributed by atoms with Crippen LogP contribution in [0.3, 0.4) is 0 Å². The maximum Gasteiger partial charge on any atom is 0.138 e. The Balaban J connectivity index is 2.19. The zero-order chi connectivity index (χ0) is 11.0. The third-order valence-corrected chi connectivity index (χ3v) is 2.89. The van der Waals surface area contributed by atoms with Crippen LogP contribution in [-0.2, 0) is 0 Å². The molecule has 0 bridgehead atoms. The number of aromatic nitrogens is 3. The Kier molecular flexibility index (Phi) is 2.22. The second kappa shape index (κ2) is 3.72. The summed E-state index contributed by atoms with van der Waals surface area (Å²) in [5.74, 6) is 0. The molecule has 0 radical (unpaired) electrons. The van der Waals surface area contributed by atoms with Crippen LogP contribution in [0.4, 0.5) is 0 Å². The van der Waals surface area contributed by atoms with Crippen molar-refractivity contribution in [3.05, 3.63) is 53.5 Å². The van der Waals surface area contributed by atoms with Gasteiger partial charge in [-0.2, -0.15) is 0 Å². The maximum atomic E-state index is 4.55. The lowest BCUT2D eigenvalue weighted by Gasteiger charge is -1.91. The average Bonchev–Trinajstić information content (AvgIpc) is 2.73. The van der Waals surface area contributed by atoms with Crippen molar-refractivity contribution >= 4 is 21.6 Å². The van der Waals surface area contributed by atoms with Crippen LogP contribution in [0.25, 0.3) is 16.9 Å². The molecule has 3 aromatic heterocycles. The lowest BCUT2D eigenvalue weighted by Crippen LogP contribution is -1.79. The first-order valence-corrected chi connectivity index (χ1v) is 5.67. The number of halogens is 1. The molecule has 0 N–H and O–H groups in total. The van der Waals surface area contributed by atoms with Crippen molar-refractivity contribution in [3.63, 3.8) is 0 Å². The number of rotatable bonds is 1. The molecule has 0 amide bonds. The van der Waals surface area contributed by atoms with Gasteiger partial charge in [-0.25, -0.2) is 4.98 Å². The van der Waals surface area contributed by atoms with Crippen molar-refractivity contribution < 1.29 is 0 Å². The van der Waals surface area contributed by atoms with E-state index in [0.29, 0.717) is 0 Å². The number of pyridine rings is 2. The van der Waals surface area contributed by atoms with Gasteiger partial charge in [0.05, 0.1) is 5.69 Å². The normalized spacial score (nSPS) is 10.8.